The van der Waals surface area contributed by atoms with Gasteiger partial charge >= 0.3 is 0 Å². The standard InChI is InChI=1S/C8H12N6OS/c9-7(15)6(8-12-4-5-16-8)11-2-1-3-13-14-10/h4-6,11H,1-3H2,(H2,9,15). The molecule has 1 aromatic rings. The zero-order chi connectivity index (χ0) is 11.8. The molecule has 0 aromatic carbocycles. The quantitative estimate of drug-likeness (QED) is 0.320. The molecule has 0 aliphatic heterocycles. The number of nitrogens with zero attached hydrogens (tertiary/aromatic N) is 4. The molecular formula is C8H12N6OS. The highest BCUT2D eigenvalue weighted by atomic mass is 32.1. The molecule has 0 aliphatic rings. The zero-order valence-electron chi connectivity index (χ0n) is 8.54. The molecule has 0 saturated heterocycles. The molecule has 1 rings (SSSR count). The topological polar surface area (TPSA) is 117 Å². The summed E-state index contributed by atoms with van der Waals surface area (Å²) < 4.78 is 0. The lowest BCUT2D eigenvalue weighted by molar-refractivity contribution is -0.120. The van der Waals surface area contributed by atoms with Crippen LogP contribution < -0.4 is 11.1 Å². The predicted octanol–water partition coefficient (Wildman–Crippen LogP) is 0.959. The summed E-state index contributed by atoms with van der Waals surface area (Å²) in [7, 11) is 0. The number of thiazole rings is 1. The van der Waals surface area contributed by atoms with Gasteiger partial charge in [0.05, 0.1) is 0 Å². The number of rotatable bonds is 7. The van der Waals surface area contributed by atoms with E-state index in [1.165, 1.54) is 11.3 Å². The Balaban J connectivity index is 2.41. The number of nitrogens with one attached hydrogen (secondary N) is 1. The summed E-state index contributed by atoms with van der Waals surface area (Å²) in [4.78, 5) is 17.8. The van der Waals surface area contributed by atoms with E-state index in [1.54, 1.807) is 11.6 Å². The molecule has 1 amide bonds. The molecule has 3 N–H and O–H groups in total. The van der Waals surface area contributed by atoms with E-state index in [1.807, 2.05) is 0 Å². The van der Waals surface area contributed by atoms with Gasteiger partial charge in [-0.05, 0) is 18.5 Å². The Morgan fingerprint density at radius 1 is 1.81 bits per heavy atom. The Hall–Kier alpha value is -1.63. The molecule has 0 fully saturated rings. The van der Waals surface area contributed by atoms with Gasteiger partial charge in [0, 0.05) is 23.0 Å². The normalized spacial score (nSPS) is 11.8. The van der Waals surface area contributed by atoms with Gasteiger partial charge in [-0.3, -0.25) is 4.79 Å². The van der Waals surface area contributed by atoms with Crippen molar-refractivity contribution in [3.05, 3.63) is 27.0 Å². The summed E-state index contributed by atoms with van der Waals surface area (Å²) >= 11 is 1.37. The number of hydrogen-bond acceptors (Lipinski definition) is 5. The lowest BCUT2D eigenvalue weighted by Crippen LogP contribution is -2.34. The van der Waals surface area contributed by atoms with Crippen LogP contribution in [0, 0.1) is 0 Å². The van der Waals surface area contributed by atoms with E-state index in [2.05, 4.69) is 20.3 Å². The molecule has 7 nitrogen and oxygen atoms in total. The van der Waals surface area contributed by atoms with Gasteiger partial charge in [0.15, 0.2) is 0 Å². The van der Waals surface area contributed by atoms with Crippen LogP contribution in [0.25, 0.3) is 10.4 Å². The van der Waals surface area contributed by atoms with Crippen molar-refractivity contribution in [1.82, 2.24) is 10.3 Å². The monoisotopic (exact) mass is 240 g/mol. The Labute approximate surface area is 96.3 Å². The SMILES string of the molecule is [N-]=[N+]=NCCCNC(C(N)=O)c1nccs1. The molecular weight excluding hydrogens is 228 g/mol. The van der Waals surface area contributed by atoms with E-state index in [0.29, 0.717) is 24.5 Å². The first-order chi connectivity index (χ1) is 7.75. The molecule has 0 radical (unpaired) electrons. The number of aromatic nitrogens is 1. The third-order valence-corrected chi connectivity index (χ3v) is 2.67. The Morgan fingerprint density at radius 2 is 2.62 bits per heavy atom. The lowest BCUT2D eigenvalue weighted by Gasteiger charge is -2.11. The van der Waals surface area contributed by atoms with Crippen LogP contribution in [-0.2, 0) is 4.79 Å². The Bertz CT molecular complexity index is 372. The fraction of sp³-hybridized carbons (Fsp3) is 0.500. The van der Waals surface area contributed by atoms with E-state index < -0.39 is 11.9 Å². The van der Waals surface area contributed by atoms with Crippen molar-refractivity contribution >= 4 is 17.2 Å². The molecule has 0 spiro atoms. The van der Waals surface area contributed by atoms with E-state index in [4.69, 9.17) is 11.3 Å². The van der Waals surface area contributed by atoms with Gasteiger partial charge < -0.3 is 11.1 Å². The highest BCUT2D eigenvalue weighted by molar-refractivity contribution is 7.09. The molecule has 0 aliphatic carbocycles. The summed E-state index contributed by atoms with van der Waals surface area (Å²) in [5.74, 6) is -0.460. The van der Waals surface area contributed by atoms with E-state index >= 15 is 0 Å². The minimum absolute atomic E-state index is 0.396. The second kappa shape index (κ2) is 6.78. The van der Waals surface area contributed by atoms with Crippen LogP contribution in [-0.4, -0.2) is 24.0 Å². The van der Waals surface area contributed by atoms with Crippen molar-refractivity contribution in [2.24, 2.45) is 10.8 Å². The van der Waals surface area contributed by atoms with Gasteiger partial charge in [-0.1, -0.05) is 5.11 Å². The smallest absolute Gasteiger partial charge is 0.241 e. The van der Waals surface area contributed by atoms with Crippen LogP contribution in [0.15, 0.2) is 16.7 Å². The van der Waals surface area contributed by atoms with Crippen molar-refractivity contribution in [2.75, 3.05) is 13.1 Å². The molecule has 8 heteroatoms. The van der Waals surface area contributed by atoms with Crippen LogP contribution in [0.5, 0.6) is 0 Å². The van der Waals surface area contributed by atoms with Crippen LogP contribution in [0.3, 0.4) is 0 Å². The number of nitrogens with two attached hydrogens (primary N) is 1. The van der Waals surface area contributed by atoms with Crippen LogP contribution in [0.4, 0.5) is 0 Å². The summed E-state index contributed by atoms with van der Waals surface area (Å²) in [6.07, 6.45) is 2.27. The molecule has 1 unspecified atom stereocenters. The average molecular weight is 240 g/mol. The molecule has 1 aromatic heterocycles. The Kier molecular flexibility index (Phi) is 5.27. The number of carbonyl (C=O) groups excluding carboxylic acids is 1. The van der Waals surface area contributed by atoms with Crippen molar-refractivity contribution in [3.63, 3.8) is 0 Å². The summed E-state index contributed by atoms with van der Waals surface area (Å²) in [5.41, 5.74) is 13.3. The van der Waals surface area contributed by atoms with Gasteiger partial charge in [0.1, 0.15) is 11.0 Å². The van der Waals surface area contributed by atoms with Gasteiger partial charge in [-0.25, -0.2) is 4.98 Å². The zero-order valence-corrected chi connectivity index (χ0v) is 9.35. The maximum Gasteiger partial charge on any atom is 0.241 e. The maximum atomic E-state index is 11.2. The minimum atomic E-state index is -0.564. The molecule has 86 valence electrons. The van der Waals surface area contributed by atoms with Crippen molar-refractivity contribution in [3.8, 4) is 0 Å². The fourth-order valence-electron chi connectivity index (χ4n) is 1.13. The summed E-state index contributed by atoms with van der Waals surface area (Å²) in [6, 6.07) is -0.564. The first-order valence-corrected chi connectivity index (χ1v) is 5.56. The number of hydrogen-bond donors (Lipinski definition) is 2. The number of primary amides is 1. The molecule has 0 bridgehead atoms. The molecule has 1 atom stereocenters. The molecule has 16 heavy (non-hydrogen) atoms. The van der Waals surface area contributed by atoms with Crippen LogP contribution in [0.2, 0.25) is 0 Å². The lowest BCUT2D eigenvalue weighted by atomic mass is 10.3. The van der Waals surface area contributed by atoms with E-state index in [9.17, 15) is 4.79 Å². The van der Waals surface area contributed by atoms with Gasteiger partial charge in [0.2, 0.25) is 5.91 Å². The number of amides is 1. The first kappa shape index (κ1) is 12.4. The first-order valence-electron chi connectivity index (χ1n) is 4.68. The third kappa shape index (κ3) is 3.85. The van der Waals surface area contributed by atoms with Gasteiger partial charge in [0.25, 0.3) is 0 Å². The summed E-state index contributed by atoms with van der Waals surface area (Å²) in [5, 5.41) is 8.79. The third-order valence-electron chi connectivity index (χ3n) is 1.83. The summed E-state index contributed by atoms with van der Waals surface area (Å²) in [6.45, 7) is 0.944. The minimum Gasteiger partial charge on any atom is -0.368 e. The van der Waals surface area contributed by atoms with Crippen LogP contribution >= 0.6 is 11.3 Å². The van der Waals surface area contributed by atoms with Crippen molar-refractivity contribution in [1.29, 1.82) is 0 Å². The fourth-order valence-corrected chi connectivity index (χ4v) is 1.85. The second-order valence-corrected chi connectivity index (χ2v) is 3.89. The predicted molar refractivity (Wildman–Crippen MR) is 60.7 cm³/mol. The van der Waals surface area contributed by atoms with Gasteiger partial charge in [-0.15, -0.1) is 11.3 Å². The maximum absolute atomic E-state index is 11.2. The Morgan fingerprint density at radius 3 is 3.19 bits per heavy atom. The van der Waals surface area contributed by atoms with E-state index in [-0.39, 0.29) is 0 Å². The van der Waals surface area contributed by atoms with Crippen molar-refractivity contribution < 1.29 is 4.79 Å². The second-order valence-electron chi connectivity index (χ2n) is 2.97. The number of azide groups is 1. The van der Waals surface area contributed by atoms with Crippen molar-refractivity contribution in [2.45, 2.75) is 12.5 Å². The molecule has 1 heterocycles. The highest BCUT2D eigenvalue weighted by Gasteiger charge is 2.18. The average Bonchev–Trinajstić information content (AvgIpc) is 2.76. The number of carbonyl (C=O) groups is 1. The highest BCUT2D eigenvalue weighted by Crippen LogP contribution is 2.14. The molecule has 0 saturated carbocycles. The largest absolute Gasteiger partial charge is 0.368 e. The van der Waals surface area contributed by atoms with E-state index in [0.717, 1.165) is 0 Å². The van der Waals surface area contributed by atoms with Crippen LogP contribution in [0.1, 0.15) is 17.5 Å². The van der Waals surface area contributed by atoms with Gasteiger partial charge in [-0.2, -0.15) is 0 Å².